The Morgan fingerprint density at radius 2 is 1.95 bits per heavy atom. The second-order valence-corrected chi connectivity index (χ2v) is 6.87. The standard InChI is InChI=1S/C13H20N2O3S/c1-18-10-6-8-15(9-7-10)11-4-3-5-12(13(11)14)19(2,16)17/h3-5,10H,6-9,14H2,1-2H3. The van der Waals surface area contributed by atoms with Gasteiger partial charge in [-0.05, 0) is 25.0 Å². The van der Waals surface area contributed by atoms with E-state index in [1.165, 1.54) is 6.26 Å². The van der Waals surface area contributed by atoms with E-state index < -0.39 is 9.84 Å². The van der Waals surface area contributed by atoms with Gasteiger partial charge in [0.1, 0.15) is 0 Å². The molecule has 0 aliphatic carbocycles. The average molecular weight is 284 g/mol. The van der Waals surface area contributed by atoms with E-state index in [2.05, 4.69) is 4.90 Å². The summed E-state index contributed by atoms with van der Waals surface area (Å²) in [6, 6.07) is 5.16. The van der Waals surface area contributed by atoms with E-state index in [0.717, 1.165) is 31.6 Å². The average Bonchev–Trinajstić information content (AvgIpc) is 2.38. The monoisotopic (exact) mass is 284 g/mol. The Hall–Kier alpha value is -1.27. The first-order valence-corrected chi connectivity index (χ1v) is 8.19. The molecule has 0 bridgehead atoms. The zero-order valence-corrected chi connectivity index (χ0v) is 12.1. The molecule has 1 aliphatic heterocycles. The highest BCUT2D eigenvalue weighted by atomic mass is 32.2. The van der Waals surface area contributed by atoms with Gasteiger partial charge in [0.05, 0.1) is 22.4 Å². The number of nitrogens with zero attached hydrogens (tertiary/aromatic N) is 1. The Kier molecular flexibility index (Phi) is 4.01. The first-order chi connectivity index (χ1) is 8.93. The van der Waals surface area contributed by atoms with Gasteiger partial charge in [0.2, 0.25) is 0 Å². The summed E-state index contributed by atoms with van der Waals surface area (Å²) in [5.74, 6) is 0. The van der Waals surface area contributed by atoms with Crippen LogP contribution in [-0.2, 0) is 14.6 Å². The van der Waals surface area contributed by atoms with Crippen molar-refractivity contribution in [1.82, 2.24) is 0 Å². The molecule has 0 amide bonds. The fourth-order valence-corrected chi connectivity index (χ4v) is 3.29. The van der Waals surface area contributed by atoms with Crippen LogP contribution in [0.3, 0.4) is 0 Å². The molecule has 6 heteroatoms. The SMILES string of the molecule is COC1CCN(c2cccc(S(C)(=O)=O)c2N)CC1. The highest BCUT2D eigenvalue weighted by molar-refractivity contribution is 7.90. The van der Waals surface area contributed by atoms with Crippen LogP contribution in [0.1, 0.15) is 12.8 Å². The molecule has 2 rings (SSSR count). The summed E-state index contributed by atoms with van der Waals surface area (Å²) in [5, 5.41) is 0. The van der Waals surface area contributed by atoms with Crippen molar-refractivity contribution in [3.8, 4) is 0 Å². The smallest absolute Gasteiger partial charge is 0.177 e. The van der Waals surface area contributed by atoms with Gasteiger partial charge in [-0.1, -0.05) is 6.07 Å². The zero-order chi connectivity index (χ0) is 14.0. The number of methoxy groups -OCH3 is 1. The Morgan fingerprint density at radius 1 is 1.32 bits per heavy atom. The highest BCUT2D eigenvalue weighted by Crippen LogP contribution is 2.31. The maximum Gasteiger partial charge on any atom is 0.177 e. The number of piperidine rings is 1. The number of ether oxygens (including phenoxy) is 1. The van der Waals surface area contributed by atoms with E-state index in [1.54, 1.807) is 19.2 Å². The number of hydrogen-bond donors (Lipinski definition) is 1. The number of benzene rings is 1. The van der Waals surface area contributed by atoms with Gasteiger partial charge in [0, 0.05) is 26.5 Å². The predicted molar refractivity (Wildman–Crippen MR) is 76.2 cm³/mol. The van der Waals surface area contributed by atoms with E-state index in [1.807, 2.05) is 6.07 Å². The third-order valence-electron chi connectivity index (χ3n) is 3.56. The minimum atomic E-state index is -3.29. The van der Waals surface area contributed by atoms with Gasteiger partial charge in [-0.15, -0.1) is 0 Å². The van der Waals surface area contributed by atoms with Crippen molar-refractivity contribution in [2.45, 2.75) is 23.8 Å². The van der Waals surface area contributed by atoms with Gasteiger partial charge >= 0.3 is 0 Å². The largest absolute Gasteiger partial charge is 0.396 e. The Bertz CT molecular complexity index is 549. The maximum absolute atomic E-state index is 11.7. The van der Waals surface area contributed by atoms with Crippen LogP contribution in [0.25, 0.3) is 0 Å². The summed E-state index contributed by atoms with van der Waals surface area (Å²) >= 11 is 0. The van der Waals surface area contributed by atoms with Crippen LogP contribution in [0, 0.1) is 0 Å². The number of para-hydroxylation sites is 1. The lowest BCUT2D eigenvalue weighted by molar-refractivity contribution is 0.0819. The summed E-state index contributed by atoms with van der Waals surface area (Å²) in [6.45, 7) is 1.66. The van der Waals surface area contributed by atoms with E-state index in [4.69, 9.17) is 10.5 Å². The van der Waals surface area contributed by atoms with Crippen LogP contribution < -0.4 is 10.6 Å². The molecular weight excluding hydrogens is 264 g/mol. The third-order valence-corrected chi connectivity index (χ3v) is 4.71. The van der Waals surface area contributed by atoms with Crippen LogP contribution in [0.15, 0.2) is 23.1 Å². The molecule has 19 heavy (non-hydrogen) atoms. The lowest BCUT2D eigenvalue weighted by Gasteiger charge is -2.33. The molecule has 1 aromatic rings. The molecule has 1 saturated heterocycles. The number of sulfone groups is 1. The summed E-state index contributed by atoms with van der Waals surface area (Å²) in [6.07, 6.45) is 3.33. The van der Waals surface area contributed by atoms with Crippen molar-refractivity contribution < 1.29 is 13.2 Å². The van der Waals surface area contributed by atoms with Crippen LogP contribution in [0.2, 0.25) is 0 Å². The van der Waals surface area contributed by atoms with Crippen molar-refractivity contribution >= 4 is 21.2 Å². The van der Waals surface area contributed by atoms with Crippen LogP contribution >= 0.6 is 0 Å². The van der Waals surface area contributed by atoms with Crippen LogP contribution in [0.4, 0.5) is 11.4 Å². The number of nitrogens with two attached hydrogens (primary N) is 1. The molecule has 1 fully saturated rings. The van der Waals surface area contributed by atoms with Crippen LogP contribution in [-0.4, -0.2) is 41.0 Å². The zero-order valence-electron chi connectivity index (χ0n) is 11.3. The predicted octanol–water partition coefficient (Wildman–Crippen LogP) is 1.29. The summed E-state index contributed by atoms with van der Waals surface area (Å²) < 4.78 is 28.7. The van der Waals surface area contributed by atoms with E-state index in [0.29, 0.717) is 5.69 Å². The number of nitrogen functional groups attached to an aromatic ring is 1. The van der Waals surface area contributed by atoms with Gasteiger partial charge in [0.15, 0.2) is 9.84 Å². The van der Waals surface area contributed by atoms with E-state index >= 15 is 0 Å². The fourth-order valence-electron chi connectivity index (χ4n) is 2.46. The van der Waals surface area contributed by atoms with E-state index in [-0.39, 0.29) is 11.0 Å². The van der Waals surface area contributed by atoms with Gasteiger partial charge in [-0.2, -0.15) is 0 Å². The van der Waals surface area contributed by atoms with Crippen LogP contribution in [0.5, 0.6) is 0 Å². The molecule has 5 nitrogen and oxygen atoms in total. The van der Waals surface area contributed by atoms with Gasteiger partial charge in [0.25, 0.3) is 0 Å². The van der Waals surface area contributed by atoms with Gasteiger partial charge in [-0.3, -0.25) is 0 Å². The van der Waals surface area contributed by atoms with Crippen molar-refractivity contribution in [2.75, 3.05) is 37.1 Å². The molecule has 0 aromatic heterocycles. The minimum Gasteiger partial charge on any atom is -0.396 e. The number of rotatable bonds is 3. The molecule has 2 N–H and O–H groups in total. The maximum atomic E-state index is 11.7. The lowest BCUT2D eigenvalue weighted by atomic mass is 10.1. The van der Waals surface area contributed by atoms with Crippen molar-refractivity contribution in [1.29, 1.82) is 0 Å². The van der Waals surface area contributed by atoms with Gasteiger partial charge in [-0.25, -0.2) is 8.42 Å². The second kappa shape index (κ2) is 5.38. The third kappa shape index (κ3) is 3.01. The number of anilines is 2. The highest BCUT2D eigenvalue weighted by Gasteiger charge is 2.22. The molecule has 0 radical (unpaired) electrons. The second-order valence-electron chi connectivity index (χ2n) is 4.88. The lowest BCUT2D eigenvalue weighted by Crippen LogP contribution is -2.37. The molecular formula is C13H20N2O3S. The molecule has 1 aromatic carbocycles. The van der Waals surface area contributed by atoms with Crippen molar-refractivity contribution in [2.24, 2.45) is 0 Å². The molecule has 106 valence electrons. The molecule has 0 unspecified atom stereocenters. The van der Waals surface area contributed by atoms with E-state index in [9.17, 15) is 8.42 Å². The summed E-state index contributed by atoms with van der Waals surface area (Å²) in [7, 11) is -1.57. The normalized spacial score (nSPS) is 17.7. The Morgan fingerprint density at radius 3 is 2.47 bits per heavy atom. The van der Waals surface area contributed by atoms with Gasteiger partial charge < -0.3 is 15.4 Å². The molecule has 1 heterocycles. The minimum absolute atomic E-state index is 0.207. The topological polar surface area (TPSA) is 72.6 Å². The Balaban J connectivity index is 2.27. The molecule has 0 saturated carbocycles. The fraction of sp³-hybridized carbons (Fsp3) is 0.538. The first-order valence-electron chi connectivity index (χ1n) is 6.29. The first kappa shape index (κ1) is 14.1. The number of hydrogen-bond acceptors (Lipinski definition) is 5. The quantitative estimate of drug-likeness (QED) is 0.847. The molecule has 0 atom stereocenters. The van der Waals surface area contributed by atoms with Crippen molar-refractivity contribution in [3.05, 3.63) is 18.2 Å². The molecule has 0 spiro atoms. The van der Waals surface area contributed by atoms with Crippen molar-refractivity contribution in [3.63, 3.8) is 0 Å². The molecule has 1 aliphatic rings. The summed E-state index contributed by atoms with van der Waals surface area (Å²) in [4.78, 5) is 2.33. The summed E-state index contributed by atoms with van der Waals surface area (Å²) in [5.41, 5.74) is 7.17. The Labute approximate surface area is 114 Å².